The Kier molecular flexibility index (Phi) is 2.69. The molecular formula is C13H17N3O2. The average molecular weight is 247 g/mol. The van der Waals surface area contributed by atoms with Crippen molar-refractivity contribution >= 4 is 11.8 Å². The highest BCUT2D eigenvalue weighted by Gasteiger charge is 2.44. The first-order valence-corrected chi connectivity index (χ1v) is 6.49. The number of H-pyrrole nitrogens is 1. The zero-order valence-corrected chi connectivity index (χ0v) is 10.3. The number of imidazole rings is 1. The minimum atomic E-state index is -0.0252. The normalized spacial score (nSPS) is 23.0. The second-order valence-corrected chi connectivity index (χ2v) is 5.51. The number of piperidine rings is 1. The van der Waals surface area contributed by atoms with Gasteiger partial charge in [0.15, 0.2) is 0 Å². The van der Waals surface area contributed by atoms with Crippen LogP contribution in [0.1, 0.15) is 44.2 Å². The standard InChI is InChI=1S/C13H17N3O2/c17-11-5-13(3-1-2-4-13)6-12(18)16(11)8-10-7-14-9-15-10/h7,9H,1-6,8H2,(H,14,15). The molecule has 0 bridgehead atoms. The third-order valence-electron chi connectivity index (χ3n) is 4.20. The summed E-state index contributed by atoms with van der Waals surface area (Å²) in [6.45, 7) is 0.327. The molecular weight excluding hydrogens is 230 g/mol. The smallest absolute Gasteiger partial charge is 0.230 e. The third kappa shape index (κ3) is 1.94. The van der Waals surface area contributed by atoms with Crippen molar-refractivity contribution in [1.82, 2.24) is 14.9 Å². The number of carbonyl (C=O) groups is 2. The zero-order chi connectivity index (χ0) is 12.6. The molecule has 1 saturated carbocycles. The first-order valence-electron chi connectivity index (χ1n) is 6.49. The lowest BCUT2D eigenvalue weighted by Crippen LogP contribution is -2.46. The van der Waals surface area contributed by atoms with Gasteiger partial charge in [-0.05, 0) is 18.3 Å². The molecule has 1 aliphatic heterocycles. The van der Waals surface area contributed by atoms with E-state index in [2.05, 4.69) is 9.97 Å². The first-order chi connectivity index (χ1) is 8.69. The van der Waals surface area contributed by atoms with Gasteiger partial charge >= 0.3 is 0 Å². The molecule has 18 heavy (non-hydrogen) atoms. The highest BCUT2D eigenvalue weighted by atomic mass is 16.2. The van der Waals surface area contributed by atoms with E-state index < -0.39 is 0 Å². The average Bonchev–Trinajstić information content (AvgIpc) is 2.96. The number of hydrogen-bond acceptors (Lipinski definition) is 3. The molecule has 0 radical (unpaired) electrons. The molecule has 2 amide bonds. The second-order valence-electron chi connectivity index (χ2n) is 5.51. The van der Waals surface area contributed by atoms with E-state index in [0.29, 0.717) is 19.4 Å². The third-order valence-corrected chi connectivity index (χ3v) is 4.20. The van der Waals surface area contributed by atoms with Gasteiger partial charge in [0.2, 0.25) is 11.8 Å². The molecule has 5 nitrogen and oxygen atoms in total. The summed E-state index contributed by atoms with van der Waals surface area (Å²) in [5.41, 5.74) is 0.789. The highest BCUT2D eigenvalue weighted by molar-refractivity contribution is 5.98. The van der Waals surface area contributed by atoms with Crippen LogP contribution in [-0.4, -0.2) is 26.7 Å². The van der Waals surface area contributed by atoms with Gasteiger partial charge in [-0.25, -0.2) is 4.98 Å². The molecule has 0 atom stereocenters. The summed E-state index contributed by atoms with van der Waals surface area (Å²) in [6.07, 6.45) is 8.65. The van der Waals surface area contributed by atoms with Crippen LogP contribution in [0.3, 0.4) is 0 Å². The number of rotatable bonds is 2. The van der Waals surface area contributed by atoms with Gasteiger partial charge in [-0.3, -0.25) is 14.5 Å². The Hall–Kier alpha value is -1.65. The quantitative estimate of drug-likeness (QED) is 0.807. The predicted octanol–water partition coefficient (Wildman–Crippen LogP) is 1.62. The van der Waals surface area contributed by atoms with Crippen molar-refractivity contribution in [3.05, 3.63) is 18.2 Å². The molecule has 5 heteroatoms. The Labute approximate surface area is 106 Å². The Balaban J connectivity index is 1.74. The monoisotopic (exact) mass is 247 g/mol. The van der Waals surface area contributed by atoms with Crippen molar-refractivity contribution < 1.29 is 9.59 Å². The van der Waals surface area contributed by atoms with Gasteiger partial charge in [0.1, 0.15) is 0 Å². The molecule has 1 aliphatic carbocycles. The Morgan fingerprint density at radius 1 is 1.22 bits per heavy atom. The van der Waals surface area contributed by atoms with E-state index in [-0.39, 0.29) is 17.2 Å². The van der Waals surface area contributed by atoms with E-state index in [4.69, 9.17) is 0 Å². The molecule has 0 unspecified atom stereocenters. The number of hydrogen-bond donors (Lipinski definition) is 1. The Bertz CT molecular complexity index is 441. The predicted molar refractivity (Wildman–Crippen MR) is 64.3 cm³/mol. The number of imide groups is 1. The van der Waals surface area contributed by atoms with Crippen molar-refractivity contribution in [3.63, 3.8) is 0 Å². The lowest BCUT2D eigenvalue weighted by molar-refractivity contribution is -0.154. The summed E-state index contributed by atoms with van der Waals surface area (Å²) in [5.74, 6) is -0.0505. The number of carbonyl (C=O) groups excluding carboxylic acids is 2. The number of aromatic amines is 1. The van der Waals surface area contributed by atoms with E-state index in [1.807, 2.05) is 0 Å². The van der Waals surface area contributed by atoms with Crippen LogP contribution in [0.2, 0.25) is 0 Å². The molecule has 1 saturated heterocycles. The molecule has 1 spiro atoms. The van der Waals surface area contributed by atoms with E-state index in [0.717, 1.165) is 31.4 Å². The fraction of sp³-hybridized carbons (Fsp3) is 0.615. The molecule has 0 aromatic carbocycles. The lowest BCUT2D eigenvalue weighted by atomic mass is 9.76. The number of likely N-dealkylation sites (tertiary alicyclic amines) is 1. The fourth-order valence-electron chi connectivity index (χ4n) is 3.23. The van der Waals surface area contributed by atoms with Gasteiger partial charge in [0, 0.05) is 19.0 Å². The summed E-state index contributed by atoms with van der Waals surface area (Å²) in [6, 6.07) is 0. The molecule has 1 aromatic rings. The van der Waals surface area contributed by atoms with E-state index in [1.54, 1.807) is 12.5 Å². The molecule has 1 N–H and O–H groups in total. The van der Waals surface area contributed by atoms with Crippen LogP contribution in [0.25, 0.3) is 0 Å². The summed E-state index contributed by atoms with van der Waals surface area (Å²) < 4.78 is 0. The first kappa shape index (κ1) is 11.4. The van der Waals surface area contributed by atoms with Gasteiger partial charge in [-0.1, -0.05) is 12.8 Å². The Morgan fingerprint density at radius 3 is 2.44 bits per heavy atom. The maximum absolute atomic E-state index is 12.2. The minimum Gasteiger partial charge on any atom is -0.347 e. The van der Waals surface area contributed by atoms with Crippen LogP contribution in [0.5, 0.6) is 0 Å². The maximum atomic E-state index is 12.2. The SMILES string of the molecule is O=C1CC2(CCCC2)CC(=O)N1Cc1cnc[nH]1. The molecule has 96 valence electrons. The van der Waals surface area contributed by atoms with Crippen molar-refractivity contribution in [1.29, 1.82) is 0 Å². The molecule has 2 aliphatic rings. The number of nitrogens with zero attached hydrogens (tertiary/aromatic N) is 2. The van der Waals surface area contributed by atoms with Crippen molar-refractivity contribution in [2.45, 2.75) is 45.1 Å². The topological polar surface area (TPSA) is 66.1 Å². The van der Waals surface area contributed by atoms with Crippen LogP contribution in [0.4, 0.5) is 0 Å². The molecule has 3 rings (SSSR count). The van der Waals surface area contributed by atoms with Gasteiger partial charge in [-0.2, -0.15) is 0 Å². The summed E-state index contributed by atoms with van der Waals surface area (Å²) in [5, 5.41) is 0. The van der Waals surface area contributed by atoms with Crippen molar-refractivity contribution in [2.24, 2.45) is 5.41 Å². The van der Waals surface area contributed by atoms with Gasteiger partial charge < -0.3 is 4.98 Å². The van der Waals surface area contributed by atoms with E-state index in [1.165, 1.54) is 4.90 Å². The van der Waals surface area contributed by atoms with Crippen LogP contribution in [0.15, 0.2) is 12.5 Å². The van der Waals surface area contributed by atoms with Gasteiger partial charge in [0.25, 0.3) is 0 Å². The van der Waals surface area contributed by atoms with Gasteiger partial charge in [-0.15, -0.1) is 0 Å². The molecule has 2 fully saturated rings. The van der Waals surface area contributed by atoms with Crippen LogP contribution in [-0.2, 0) is 16.1 Å². The second kappa shape index (κ2) is 4.23. The van der Waals surface area contributed by atoms with Crippen LogP contribution < -0.4 is 0 Å². The molecule has 1 aromatic heterocycles. The summed E-state index contributed by atoms with van der Waals surface area (Å²) >= 11 is 0. The number of amides is 2. The van der Waals surface area contributed by atoms with Crippen molar-refractivity contribution in [3.8, 4) is 0 Å². The van der Waals surface area contributed by atoms with Gasteiger partial charge in [0.05, 0.1) is 18.6 Å². The largest absolute Gasteiger partial charge is 0.347 e. The number of nitrogens with one attached hydrogen (secondary N) is 1. The van der Waals surface area contributed by atoms with E-state index >= 15 is 0 Å². The number of aromatic nitrogens is 2. The molecule has 2 heterocycles. The highest BCUT2D eigenvalue weighted by Crippen LogP contribution is 2.47. The van der Waals surface area contributed by atoms with Crippen LogP contribution in [0, 0.1) is 5.41 Å². The summed E-state index contributed by atoms with van der Waals surface area (Å²) in [7, 11) is 0. The fourth-order valence-corrected chi connectivity index (χ4v) is 3.23. The summed E-state index contributed by atoms with van der Waals surface area (Å²) in [4.78, 5) is 32.5. The zero-order valence-electron chi connectivity index (χ0n) is 10.3. The Morgan fingerprint density at radius 2 is 1.89 bits per heavy atom. The van der Waals surface area contributed by atoms with Crippen LogP contribution >= 0.6 is 0 Å². The maximum Gasteiger partial charge on any atom is 0.230 e. The lowest BCUT2D eigenvalue weighted by Gasteiger charge is -2.37. The van der Waals surface area contributed by atoms with Crippen molar-refractivity contribution in [2.75, 3.05) is 0 Å². The minimum absolute atomic E-state index is 0.0152. The van der Waals surface area contributed by atoms with E-state index in [9.17, 15) is 9.59 Å².